The Balaban J connectivity index is 2.14. The van der Waals surface area contributed by atoms with Crippen LogP contribution in [-0.4, -0.2) is 14.9 Å². The molecule has 0 unspecified atom stereocenters. The number of nitrogens with one attached hydrogen (secondary N) is 1. The molecule has 104 valence electrons. The Morgan fingerprint density at radius 1 is 1.45 bits per heavy atom. The van der Waals surface area contributed by atoms with Gasteiger partial charge in [0.25, 0.3) is 11.2 Å². The van der Waals surface area contributed by atoms with Gasteiger partial charge in [-0.25, -0.2) is 4.98 Å². The van der Waals surface area contributed by atoms with Crippen LogP contribution in [0.4, 0.5) is 11.5 Å². The first-order valence-electron chi connectivity index (χ1n) is 5.38. The molecule has 1 aromatic carbocycles. The number of aromatic amines is 1. The lowest BCUT2D eigenvalue weighted by molar-refractivity contribution is -0.384. The van der Waals surface area contributed by atoms with Crippen LogP contribution in [-0.2, 0) is 5.75 Å². The van der Waals surface area contributed by atoms with Crippen molar-refractivity contribution in [2.75, 3.05) is 5.73 Å². The van der Waals surface area contributed by atoms with Gasteiger partial charge in [0, 0.05) is 28.4 Å². The Morgan fingerprint density at radius 2 is 2.20 bits per heavy atom. The third-order valence-electron chi connectivity index (χ3n) is 2.35. The second kappa shape index (κ2) is 6.06. The molecule has 0 saturated heterocycles. The number of nitrogen functional groups attached to an aromatic ring is 1. The molecule has 3 N–H and O–H groups in total. The summed E-state index contributed by atoms with van der Waals surface area (Å²) in [6, 6.07) is 5.72. The number of benzene rings is 1. The number of hydrogen-bond acceptors (Lipinski definition) is 6. The lowest BCUT2D eigenvalue weighted by atomic mass is 10.2. The van der Waals surface area contributed by atoms with E-state index >= 15 is 0 Å². The molecule has 0 saturated carbocycles. The molecule has 7 nitrogen and oxygen atoms in total. The minimum atomic E-state index is -0.460. The zero-order valence-corrected chi connectivity index (χ0v) is 12.4. The molecule has 0 radical (unpaired) electrons. The summed E-state index contributed by atoms with van der Waals surface area (Å²) in [7, 11) is 0. The third-order valence-corrected chi connectivity index (χ3v) is 4.01. The zero-order valence-electron chi connectivity index (χ0n) is 10.00. The van der Waals surface area contributed by atoms with Gasteiger partial charge in [0.1, 0.15) is 5.82 Å². The molecule has 0 aliphatic carbocycles. The lowest BCUT2D eigenvalue weighted by Crippen LogP contribution is -2.09. The second-order valence-electron chi connectivity index (χ2n) is 3.80. The summed E-state index contributed by atoms with van der Waals surface area (Å²) in [6.45, 7) is 0. The zero-order chi connectivity index (χ0) is 14.7. The SMILES string of the molecule is Nc1cc(=O)[nH]c(SCc2ccc([N+](=O)[O-])cc2Br)n1. The van der Waals surface area contributed by atoms with Crippen molar-refractivity contribution in [3.63, 3.8) is 0 Å². The van der Waals surface area contributed by atoms with Crippen LogP contribution in [0.25, 0.3) is 0 Å². The van der Waals surface area contributed by atoms with Crippen LogP contribution in [0, 0.1) is 10.1 Å². The number of thioether (sulfide) groups is 1. The number of nitrogens with zero attached hydrogens (tertiary/aromatic N) is 2. The van der Waals surface area contributed by atoms with Crippen molar-refractivity contribution in [2.24, 2.45) is 0 Å². The lowest BCUT2D eigenvalue weighted by Gasteiger charge is -2.04. The molecular formula is C11H9BrN4O3S. The van der Waals surface area contributed by atoms with Crippen LogP contribution in [0.5, 0.6) is 0 Å². The number of non-ortho nitro benzene ring substituents is 1. The first-order valence-corrected chi connectivity index (χ1v) is 7.16. The molecule has 2 rings (SSSR count). The molecule has 9 heteroatoms. The van der Waals surface area contributed by atoms with E-state index < -0.39 is 4.92 Å². The number of anilines is 1. The van der Waals surface area contributed by atoms with Gasteiger partial charge >= 0.3 is 0 Å². The summed E-state index contributed by atoms with van der Waals surface area (Å²) in [5.74, 6) is 0.643. The monoisotopic (exact) mass is 356 g/mol. The Labute approximate surface area is 125 Å². The first-order chi connectivity index (χ1) is 9.45. The number of nitrogens with two attached hydrogens (primary N) is 1. The van der Waals surface area contributed by atoms with Crippen molar-refractivity contribution in [2.45, 2.75) is 10.9 Å². The molecule has 0 spiro atoms. The molecule has 0 amide bonds. The minimum Gasteiger partial charge on any atom is -0.383 e. The summed E-state index contributed by atoms with van der Waals surface area (Å²) in [5.41, 5.74) is 6.03. The van der Waals surface area contributed by atoms with E-state index in [2.05, 4.69) is 25.9 Å². The fraction of sp³-hybridized carbons (Fsp3) is 0.0909. The molecule has 0 aliphatic rings. The molecule has 0 fully saturated rings. The van der Waals surface area contributed by atoms with Crippen molar-refractivity contribution in [1.29, 1.82) is 0 Å². The number of hydrogen-bond donors (Lipinski definition) is 2. The average molecular weight is 357 g/mol. The fourth-order valence-electron chi connectivity index (χ4n) is 1.43. The Morgan fingerprint density at radius 3 is 2.80 bits per heavy atom. The summed E-state index contributed by atoms with van der Waals surface area (Å²) >= 11 is 4.57. The van der Waals surface area contributed by atoms with Gasteiger partial charge in [-0.3, -0.25) is 14.9 Å². The highest BCUT2D eigenvalue weighted by Gasteiger charge is 2.10. The normalized spacial score (nSPS) is 10.4. The van der Waals surface area contributed by atoms with Gasteiger partial charge in [-0.2, -0.15) is 0 Å². The van der Waals surface area contributed by atoms with Crippen molar-refractivity contribution in [3.8, 4) is 0 Å². The maximum Gasteiger partial charge on any atom is 0.270 e. The Bertz CT molecular complexity index is 719. The predicted molar refractivity (Wildman–Crippen MR) is 79.6 cm³/mol. The van der Waals surface area contributed by atoms with Gasteiger partial charge in [-0.15, -0.1) is 0 Å². The van der Waals surface area contributed by atoms with E-state index in [9.17, 15) is 14.9 Å². The fourth-order valence-corrected chi connectivity index (χ4v) is 3.01. The molecule has 20 heavy (non-hydrogen) atoms. The van der Waals surface area contributed by atoms with Crippen LogP contribution in [0.3, 0.4) is 0 Å². The highest BCUT2D eigenvalue weighted by molar-refractivity contribution is 9.10. The molecule has 0 bridgehead atoms. The predicted octanol–water partition coefficient (Wildman–Crippen LogP) is 2.32. The van der Waals surface area contributed by atoms with Crippen LogP contribution in [0.15, 0.2) is 38.7 Å². The van der Waals surface area contributed by atoms with Gasteiger partial charge < -0.3 is 10.7 Å². The molecule has 0 aliphatic heterocycles. The molecule has 1 heterocycles. The summed E-state index contributed by atoms with van der Waals surface area (Å²) in [4.78, 5) is 28.0. The molecule has 0 atom stereocenters. The average Bonchev–Trinajstić information content (AvgIpc) is 2.36. The van der Waals surface area contributed by atoms with E-state index in [1.165, 1.54) is 30.0 Å². The topological polar surface area (TPSA) is 115 Å². The van der Waals surface area contributed by atoms with Crippen molar-refractivity contribution >= 4 is 39.2 Å². The van der Waals surface area contributed by atoms with E-state index in [0.717, 1.165) is 5.56 Å². The van der Waals surface area contributed by atoms with Crippen LogP contribution < -0.4 is 11.3 Å². The first kappa shape index (κ1) is 14.5. The quantitative estimate of drug-likeness (QED) is 0.376. The van der Waals surface area contributed by atoms with Crippen molar-refractivity contribution in [1.82, 2.24) is 9.97 Å². The number of nitro groups is 1. The van der Waals surface area contributed by atoms with Gasteiger partial charge in [-0.1, -0.05) is 33.8 Å². The standard InChI is InChI=1S/C11H9BrN4O3S/c12-8-3-7(16(18)19)2-1-6(8)5-20-11-14-9(13)4-10(17)15-11/h1-4H,5H2,(H3,13,14,15,17). The molecular weight excluding hydrogens is 348 g/mol. The number of rotatable bonds is 4. The van der Waals surface area contributed by atoms with Crippen LogP contribution >= 0.6 is 27.7 Å². The van der Waals surface area contributed by atoms with Crippen molar-refractivity contribution in [3.05, 3.63) is 54.8 Å². The number of nitro benzene ring substituents is 1. The van der Waals surface area contributed by atoms with E-state index in [4.69, 9.17) is 5.73 Å². The smallest absolute Gasteiger partial charge is 0.270 e. The Hall–Kier alpha value is -1.87. The van der Waals surface area contributed by atoms with Gasteiger partial charge in [0.05, 0.1) is 4.92 Å². The van der Waals surface area contributed by atoms with Gasteiger partial charge in [0.15, 0.2) is 5.16 Å². The van der Waals surface area contributed by atoms with Crippen LogP contribution in [0.2, 0.25) is 0 Å². The van der Waals surface area contributed by atoms with E-state index in [-0.39, 0.29) is 17.1 Å². The van der Waals surface area contributed by atoms with E-state index in [1.807, 2.05) is 0 Å². The van der Waals surface area contributed by atoms with E-state index in [0.29, 0.717) is 15.4 Å². The summed E-state index contributed by atoms with van der Waals surface area (Å²) in [5, 5.41) is 11.0. The van der Waals surface area contributed by atoms with Gasteiger partial charge in [-0.05, 0) is 5.56 Å². The maximum absolute atomic E-state index is 11.2. The molecule has 1 aromatic heterocycles. The van der Waals surface area contributed by atoms with Crippen LogP contribution in [0.1, 0.15) is 5.56 Å². The van der Waals surface area contributed by atoms with Gasteiger partial charge in [0.2, 0.25) is 0 Å². The van der Waals surface area contributed by atoms with E-state index in [1.54, 1.807) is 6.07 Å². The number of H-pyrrole nitrogens is 1. The Kier molecular flexibility index (Phi) is 4.40. The summed E-state index contributed by atoms with van der Waals surface area (Å²) in [6.07, 6.45) is 0. The summed E-state index contributed by atoms with van der Waals surface area (Å²) < 4.78 is 0.630. The van der Waals surface area contributed by atoms with Crippen molar-refractivity contribution < 1.29 is 4.92 Å². The second-order valence-corrected chi connectivity index (χ2v) is 5.62. The number of halogens is 1. The highest BCUT2D eigenvalue weighted by atomic mass is 79.9. The highest BCUT2D eigenvalue weighted by Crippen LogP contribution is 2.28. The molecule has 2 aromatic rings. The minimum absolute atomic E-state index is 0.0149. The maximum atomic E-state index is 11.2. The number of aromatic nitrogens is 2. The third kappa shape index (κ3) is 3.58. The largest absolute Gasteiger partial charge is 0.383 e.